The van der Waals surface area contributed by atoms with E-state index in [1.54, 1.807) is 0 Å². The molecule has 0 amide bonds. The van der Waals surface area contributed by atoms with E-state index >= 15 is 0 Å². The Bertz CT molecular complexity index is 79.8. The predicted octanol–water partition coefficient (Wildman–Crippen LogP) is 2.54. The molecule has 12 heavy (non-hydrogen) atoms. The molecule has 0 saturated carbocycles. The average Bonchev–Trinajstić information content (AvgIpc) is 1.97. The van der Waals surface area contributed by atoms with Crippen LogP contribution in [0.5, 0.6) is 0 Å². The molecule has 0 saturated heterocycles. The van der Waals surface area contributed by atoms with Gasteiger partial charge in [0.1, 0.15) is 5.78 Å². The maximum atomic E-state index is 9.44. The van der Waals surface area contributed by atoms with E-state index in [2.05, 4.69) is 6.92 Å². The number of Topliss-reactive ketones (excluding diaryl/α,β-unsaturated/α-hetero) is 1. The highest BCUT2D eigenvalue weighted by Crippen LogP contribution is 2.00. The van der Waals surface area contributed by atoms with E-state index in [1.165, 1.54) is 39.5 Å². The number of rotatable bonds is 5. The quantitative estimate of drug-likeness (QED) is 0.650. The lowest BCUT2D eigenvalue weighted by atomic mass is 10.2. The molecule has 0 radical (unpaired) electrons. The van der Waals surface area contributed by atoms with Gasteiger partial charge in [0.15, 0.2) is 0 Å². The van der Waals surface area contributed by atoms with Crippen LogP contribution in [0.15, 0.2) is 0 Å². The van der Waals surface area contributed by atoms with Crippen molar-refractivity contribution in [2.45, 2.75) is 52.9 Å². The second kappa shape index (κ2) is 13.2. The van der Waals surface area contributed by atoms with Crippen molar-refractivity contribution >= 4 is 5.78 Å². The molecule has 0 bridgehead atoms. The van der Waals surface area contributed by atoms with Crippen LogP contribution in [0.3, 0.4) is 0 Å². The molecule has 0 unspecified atom stereocenters. The minimum atomic E-state index is 0.167. The number of unbranched alkanes of at least 4 members (excludes halogenated alkanes) is 4. The van der Waals surface area contributed by atoms with Gasteiger partial charge in [-0.25, -0.2) is 0 Å². The topological polar surface area (TPSA) is 37.3 Å². The van der Waals surface area contributed by atoms with E-state index in [9.17, 15) is 4.79 Å². The summed E-state index contributed by atoms with van der Waals surface area (Å²) in [4.78, 5) is 9.44. The van der Waals surface area contributed by atoms with E-state index in [0.29, 0.717) is 6.61 Å². The number of aliphatic hydroxyl groups excluding tert-OH is 1. The van der Waals surface area contributed by atoms with Gasteiger partial charge < -0.3 is 9.90 Å². The highest BCUT2D eigenvalue weighted by atomic mass is 16.2. The van der Waals surface area contributed by atoms with Crippen LogP contribution in [0.2, 0.25) is 0 Å². The third-order valence-electron chi connectivity index (χ3n) is 1.26. The van der Waals surface area contributed by atoms with E-state index in [-0.39, 0.29) is 5.78 Å². The van der Waals surface area contributed by atoms with Gasteiger partial charge >= 0.3 is 0 Å². The molecule has 0 atom stereocenters. The van der Waals surface area contributed by atoms with Crippen LogP contribution in [0.25, 0.3) is 0 Å². The Morgan fingerprint density at radius 2 is 1.50 bits per heavy atom. The first-order chi connectivity index (χ1) is 5.65. The molecular weight excluding hydrogens is 152 g/mol. The van der Waals surface area contributed by atoms with Crippen molar-refractivity contribution in [1.29, 1.82) is 0 Å². The number of hydrogen-bond donors (Lipinski definition) is 1. The maximum absolute atomic E-state index is 9.44. The summed E-state index contributed by atoms with van der Waals surface area (Å²) in [6.45, 7) is 5.61. The molecule has 0 spiro atoms. The lowest BCUT2D eigenvalue weighted by Gasteiger charge is -1.93. The number of ketones is 1. The van der Waals surface area contributed by atoms with Crippen molar-refractivity contribution in [2.24, 2.45) is 0 Å². The zero-order valence-corrected chi connectivity index (χ0v) is 8.60. The van der Waals surface area contributed by atoms with E-state index in [1.807, 2.05) is 0 Å². The highest BCUT2D eigenvalue weighted by Gasteiger charge is 1.84. The average molecular weight is 174 g/mol. The van der Waals surface area contributed by atoms with Crippen molar-refractivity contribution in [1.82, 2.24) is 0 Å². The van der Waals surface area contributed by atoms with Crippen LogP contribution in [0, 0.1) is 0 Å². The van der Waals surface area contributed by atoms with Crippen molar-refractivity contribution in [3.8, 4) is 0 Å². The van der Waals surface area contributed by atoms with Gasteiger partial charge in [-0.05, 0) is 20.3 Å². The largest absolute Gasteiger partial charge is 0.396 e. The maximum Gasteiger partial charge on any atom is 0.126 e. The normalized spacial score (nSPS) is 8.67. The summed E-state index contributed by atoms with van der Waals surface area (Å²) in [5, 5.41) is 8.37. The molecular formula is C10H22O2. The third-order valence-corrected chi connectivity index (χ3v) is 1.26. The van der Waals surface area contributed by atoms with Crippen LogP contribution in [0.1, 0.15) is 52.9 Å². The van der Waals surface area contributed by atoms with Gasteiger partial charge in [-0.1, -0.05) is 32.6 Å². The predicted molar refractivity (Wildman–Crippen MR) is 52.2 cm³/mol. The lowest BCUT2D eigenvalue weighted by molar-refractivity contribution is -0.114. The fourth-order valence-electron chi connectivity index (χ4n) is 0.715. The van der Waals surface area contributed by atoms with E-state index in [4.69, 9.17) is 5.11 Å². The molecule has 0 aromatic heterocycles. The van der Waals surface area contributed by atoms with Gasteiger partial charge in [0.05, 0.1) is 0 Å². The van der Waals surface area contributed by atoms with Crippen LogP contribution in [-0.4, -0.2) is 17.5 Å². The number of carbonyl (C=O) groups excluding carboxylic acids is 1. The second-order valence-electron chi connectivity index (χ2n) is 3.05. The van der Waals surface area contributed by atoms with Crippen LogP contribution in [0.4, 0.5) is 0 Å². The first kappa shape index (κ1) is 14.2. The number of aliphatic hydroxyl groups is 1. The molecule has 0 aromatic rings. The molecule has 0 heterocycles. The molecule has 0 fully saturated rings. The number of hydrogen-bond acceptors (Lipinski definition) is 2. The Balaban J connectivity index is 0. The van der Waals surface area contributed by atoms with Crippen molar-refractivity contribution in [3.05, 3.63) is 0 Å². The fourth-order valence-corrected chi connectivity index (χ4v) is 0.715. The molecule has 1 N–H and O–H groups in total. The first-order valence-corrected chi connectivity index (χ1v) is 4.73. The van der Waals surface area contributed by atoms with Crippen LogP contribution >= 0.6 is 0 Å². The van der Waals surface area contributed by atoms with Crippen molar-refractivity contribution < 1.29 is 9.90 Å². The van der Waals surface area contributed by atoms with Gasteiger partial charge in [0.25, 0.3) is 0 Å². The molecule has 0 aliphatic carbocycles. The lowest BCUT2D eigenvalue weighted by Crippen LogP contribution is -1.81. The van der Waals surface area contributed by atoms with Crippen LogP contribution in [-0.2, 0) is 4.79 Å². The summed E-state index contributed by atoms with van der Waals surface area (Å²) in [6, 6.07) is 0. The number of carbonyl (C=O) groups is 1. The van der Waals surface area contributed by atoms with Crippen molar-refractivity contribution in [3.63, 3.8) is 0 Å². The standard InChI is InChI=1S/C7H16O.C3H6O/c1-2-3-4-5-6-7-8;1-3(2)4/h8H,2-7H2,1H3;1-2H3. The summed E-state index contributed by atoms with van der Waals surface area (Å²) in [6.07, 6.45) is 6.08. The van der Waals surface area contributed by atoms with Gasteiger partial charge in [-0.15, -0.1) is 0 Å². The monoisotopic (exact) mass is 174 g/mol. The first-order valence-electron chi connectivity index (χ1n) is 4.73. The summed E-state index contributed by atoms with van der Waals surface area (Å²) in [5.41, 5.74) is 0. The minimum absolute atomic E-state index is 0.167. The molecule has 0 rings (SSSR count). The third kappa shape index (κ3) is 33.5. The van der Waals surface area contributed by atoms with Crippen LogP contribution < -0.4 is 0 Å². The fraction of sp³-hybridized carbons (Fsp3) is 0.900. The van der Waals surface area contributed by atoms with E-state index in [0.717, 1.165) is 6.42 Å². The van der Waals surface area contributed by atoms with Gasteiger partial charge in [0.2, 0.25) is 0 Å². The SMILES string of the molecule is CC(C)=O.CCCCCCCO. The summed E-state index contributed by atoms with van der Waals surface area (Å²) in [5.74, 6) is 0.167. The zero-order chi connectivity index (χ0) is 9.82. The minimum Gasteiger partial charge on any atom is -0.396 e. The highest BCUT2D eigenvalue weighted by molar-refractivity contribution is 5.72. The Kier molecular flexibility index (Phi) is 15.6. The van der Waals surface area contributed by atoms with Gasteiger partial charge in [-0.3, -0.25) is 0 Å². The van der Waals surface area contributed by atoms with Crippen molar-refractivity contribution in [2.75, 3.05) is 6.61 Å². The summed E-state index contributed by atoms with van der Waals surface area (Å²) >= 11 is 0. The Labute approximate surface area is 76.0 Å². The summed E-state index contributed by atoms with van der Waals surface area (Å²) in [7, 11) is 0. The Morgan fingerprint density at radius 3 is 1.83 bits per heavy atom. The molecule has 2 heteroatoms. The molecule has 0 aromatic carbocycles. The molecule has 74 valence electrons. The molecule has 0 aliphatic rings. The second-order valence-corrected chi connectivity index (χ2v) is 3.05. The van der Waals surface area contributed by atoms with Gasteiger partial charge in [-0.2, -0.15) is 0 Å². The Hall–Kier alpha value is -0.370. The summed E-state index contributed by atoms with van der Waals surface area (Å²) < 4.78 is 0. The zero-order valence-electron chi connectivity index (χ0n) is 8.60. The Morgan fingerprint density at radius 1 is 1.08 bits per heavy atom. The van der Waals surface area contributed by atoms with E-state index < -0.39 is 0 Å². The van der Waals surface area contributed by atoms with Gasteiger partial charge in [0, 0.05) is 6.61 Å². The smallest absolute Gasteiger partial charge is 0.126 e. The molecule has 2 nitrogen and oxygen atoms in total. The molecule has 0 aliphatic heterocycles.